The molecule has 2 aromatic rings. The fourth-order valence-corrected chi connectivity index (χ4v) is 2.40. The van der Waals surface area contributed by atoms with E-state index in [1.807, 2.05) is 20.8 Å². The molecule has 4 nitrogen and oxygen atoms in total. The smallest absolute Gasteiger partial charge is 0.257 e. The van der Waals surface area contributed by atoms with Crippen molar-refractivity contribution >= 4 is 34.0 Å². The Balaban J connectivity index is 2.23. The van der Waals surface area contributed by atoms with Gasteiger partial charge in [-0.3, -0.25) is 10.1 Å². The van der Waals surface area contributed by atoms with E-state index in [-0.39, 0.29) is 11.8 Å². The van der Waals surface area contributed by atoms with Gasteiger partial charge >= 0.3 is 0 Å². The molecule has 2 rings (SSSR count). The number of pyridine rings is 1. The summed E-state index contributed by atoms with van der Waals surface area (Å²) in [6.45, 7) is 5.95. The topological polar surface area (TPSA) is 54.9 Å². The minimum Gasteiger partial charge on any atom is -0.298 e. The highest BCUT2D eigenvalue weighted by Crippen LogP contribution is 2.20. The molecule has 100 valence electrons. The molecular formula is C13H14ClN3OS. The monoisotopic (exact) mass is 295 g/mol. The number of aryl methyl sites for hydroxylation is 1. The molecule has 0 aliphatic rings. The van der Waals surface area contributed by atoms with Crippen LogP contribution in [-0.2, 0) is 0 Å². The zero-order valence-electron chi connectivity index (χ0n) is 10.9. The number of halogens is 1. The summed E-state index contributed by atoms with van der Waals surface area (Å²) < 4.78 is 0. The van der Waals surface area contributed by atoms with Crippen LogP contribution >= 0.6 is 22.9 Å². The molecule has 0 saturated heterocycles. The minimum absolute atomic E-state index is 0.215. The number of nitrogens with one attached hydrogen (secondary N) is 1. The molecule has 0 bridgehead atoms. The van der Waals surface area contributed by atoms with E-state index in [1.54, 1.807) is 18.3 Å². The maximum atomic E-state index is 12.1. The van der Waals surface area contributed by atoms with Crippen LogP contribution in [0.3, 0.4) is 0 Å². The molecule has 0 atom stereocenters. The zero-order chi connectivity index (χ0) is 14.0. The molecule has 0 aliphatic carbocycles. The summed E-state index contributed by atoms with van der Waals surface area (Å²) in [6, 6.07) is 3.32. The Morgan fingerprint density at radius 3 is 2.74 bits per heavy atom. The highest BCUT2D eigenvalue weighted by atomic mass is 35.5. The van der Waals surface area contributed by atoms with Gasteiger partial charge < -0.3 is 0 Å². The van der Waals surface area contributed by atoms with Gasteiger partial charge in [-0.2, -0.15) is 0 Å². The van der Waals surface area contributed by atoms with E-state index in [4.69, 9.17) is 11.6 Å². The van der Waals surface area contributed by atoms with Gasteiger partial charge in [0.15, 0.2) is 5.13 Å². The molecule has 19 heavy (non-hydrogen) atoms. The highest BCUT2D eigenvalue weighted by molar-refractivity contribution is 7.15. The Hall–Kier alpha value is -1.46. The average Bonchev–Trinajstić information content (AvgIpc) is 2.73. The number of anilines is 1. The van der Waals surface area contributed by atoms with Gasteiger partial charge in [-0.05, 0) is 25.0 Å². The molecule has 0 unspecified atom stereocenters. The van der Waals surface area contributed by atoms with Gasteiger partial charge in [0.05, 0.1) is 0 Å². The Bertz CT molecular complexity index is 610. The van der Waals surface area contributed by atoms with Gasteiger partial charge in [-0.1, -0.05) is 25.4 Å². The van der Waals surface area contributed by atoms with Crippen molar-refractivity contribution in [1.29, 1.82) is 0 Å². The third kappa shape index (κ3) is 3.52. The van der Waals surface area contributed by atoms with Crippen LogP contribution in [-0.4, -0.2) is 15.9 Å². The number of aromatic nitrogens is 2. The number of rotatable bonds is 3. The first-order valence-corrected chi connectivity index (χ1v) is 7.06. The lowest BCUT2D eigenvalue weighted by Gasteiger charge is -2.08. The highest BCUT2D eigenvalue weighted by Gasteiger charge is 2.12. The standard InChI is InChI=1S/C13H14ClN3OS/c1-7(2)10-4-9(5-11(14)16-10)12(18)17-13-15-6-8(3)19-13/h4-7H,1-3H3,(H,15,17,18). The normalized spacial score (nSPS) is 10.8. The van der Waals surface area contributed by atoms with Gasteiger partial charge in [-0.25, -0.2) is 9.97 Å². The number of thiazole rings is 1. The molecular weight excluding hydrogens is 282 g/mol. The van der Waals surface area contributed by atoms with Crippen molar-refractivity contribution < 1.29 is 4.79 Å². The van der Waals surface area contributed by atoms with E-state index in [0.717, 1.165) is 10.6 Å². The Kier molecular flexibility index (Phi) is 4.17. The molecule has 6 heteroatoms. The van der Waals surface area contributed by atoms with E-state index in [9.17, 15) is 4.79 Å². The Morgan fingerprint density at radius 1 is 1.42 bits per heavy atom. The molecule has 1 N–H and O–H groups in total. The van der Waals surface area contributed by atoms with Crippen molar-refractivity contribution in [3.8, 4) is 0 Å². The van der Waals surface area contributed by atoms with E-state index in [0.29, 0.717) is 15.8 Å². The second-order valence-electron chi connectivity index (χ2n) is 4.49. The van der Waals surface area contributed by atoms with Crippen molar-refractivity contribution in [3.05, 3.63) is 39.6 Å². The quantitative estimate of drug-likeness (QED) is 0.874. The van der Waals surface area contributed by atoms with Crippen molar-refractivity contribution in [2.75, 3.05) is 5.32 Å². The molecule has 0 fully saturated rings. The van der Waals surface area contributed by atoms with Crippen molar-refractivity contribution in [3.63, 3.8) is 0 Å². The first-order chi connectivity index (χ1) is 8.95. The molecule has 0 spiro atoms. The number of hydrogen-bond donors (Lipinski definition) is 1. The molecule has 0 radical (unpaired) electrons. The van der Waals surface area contributed by atoms with Gasteiger partial charge in [0.25, 0.3) is 5.91 Å². The molecule has 0 aliphatic heterocycles. The van der Waals surface area contributed by atoms with Crippen molar-refractivity contribution in [2.45, 2.75) is 26.7 Å². The first kappa shape index (κ1) is 14.0. The van der Waals surface area contributed by atoms with Crippen molar-refractivity contribution in [2.24, 2.45) is 0 Å². The van der Waals surface area contributed by atoms with Gasteiger partial charge in [0, 0.05) is 22.3 Å². The van der Waals surface area contributed by atoms with Crippen LogP contribution in [0.1, 0.15) is 40.7 Å². The molecule has 2 heterocycles. The maximum absolute atomic E-state index is 12.1. The van der Waals surface area contributed by atoms with Crippen molar-refractivity contribution in [1.82, 2.24) is 9.97 Å². The van der Waals surface area contributed by atoms with E-state index in [1.165, 1.54) is 11.3 Å². The summed E-state index contributed by atoms with van der Waals surface area (Å²) >= 11 is 7.37. The second kappa shape index (κ2) is 5.67. The average molecular weight is 296 g/mol. The van der Waals surface area contributed by atoms with Gasteiger partial charge in [0.1, 0.15) is 5.15 Å². The van der Waals surface area contributed by atoms with Crippen LogP contribution in [0.5, 0.6) is 0 Å². The van der Waals surface area contributed by atoms with Crippen LogP contribution in [0.2, 0.25) is 5.15 Å². The predicted molar refractivity (Wildman–Crippen MR) is 78.1 cm³/mol. The fourth-order valence-electron chi connectivity index (χ4n) is 1.53. The van der Waals surface area contributed by atoms with Crippen LogP contribution < -0.4 is 5.32 Å². The fraction of sp³-hybridized carbons (Fsp3) is 0.308. The number of carbonyl (C=O) groups excluding carboxylic acids is 1. The number of hydrogen-bond acceptors (Lipinski definition) is 4. The molecule has 2 aromatic heterocycles. The van der Waals surface area contributed by atoms with Crippen LogP contribution in [0.4, 0.5) is 5.13 Å². The van der Waals surface area contributed by atoms with Crippen LogP contribution in [0, 0.1) is 6.92 Å². The third-order valence-electron chi connectivity index (χ3n) is 2.51. The molecule has 0 saturated carbocycles. The summed E-state index contributed by atoms with van der Waals surface area (Å²) in [6.07, 6.45) is 1.72. The summed E-state index contributed by atoms with van der Waals surface area (Å²) in [5.74, 6) is -0.00657. The van der Waals surface area contributed by atoms with E-state index >= 15 is 0 Å². The minimum atomic E-state index is -0.222. The predicted octanol–water partition coefficient (Wildman–Crippen LogP) is 3.88. The number of carbonyl (C=O) groups is 1. The molecule has 1 amide bonds. The summed E-state index contributed by atoms with van der Waals surface area (Å²) in [5.41, 5.74) is 1.30. The summed E-state index contributed by atoms with van der Waals surface area (Å²) in [5, 5.41) is 3.66. The third-order valence-corrected chi connectivity index (χ3v) is 3.53. The van der Waals surface area contributed by atoms with Gasteiger partial charge in [-0.15, -0.1) is 11.3 Å². The van der Waals surface area contributed by atoms with Crippen LogP contribution in [0.15, 0.2) is 18.3 Å². The Morgan fingerprint density at radius 2 is 2.16 bits per heavy atom. The number of amides is 1. The lowest BCUT2D eigenvalue weighted by Crippen LogP contribution is -2.12. The summed E-state index contributed by atoms with van der Waals surface area (Å²) in [7, 11) is 0. The number of nitrogens with zero attached hydrogens (tertiary/aromatic N) is 2. The SMILES string of the molecule is Cc1cnc(NC(=O)c2cc(Cl)nc(C(C)C)c2)s1. The maximum Gasteiger partial charge on any atom is 0.257 e. The zero-order valence-corrected chi connectivity index (χ0v) is 12.5. The lowest BCUT2D eigenvalue weighted by atomic mass is 10.1. The molecule has 0 aromatic carbocycles. The lowest BCUT2D eigenvalue weighted by molar-refractivity contribution is 0.102. The van der Waals surface area contributed by atoms with Crippen LogP contribution in [0.25, 0.3) is 0 Å². The first-order valence-electron chi connectivity index (χ1n) is 5.87. The van der Waals surface area contributed by atoms with Gasteiger partial charge in [0.2, 0.25) is 0 Å². The second-order valence-corrected chi connectivity index (χ2v) is 6.11. The van der Waals surface area contributed by atoms with E-state index < -0.39 is 0 Å². The van der Waals surface area contributed by atoms with E-state index in [2.05, 4.69) is 15.3 Å². The largest absolute Gasteiger partial charge is 0.298 e. The summed E-state index contributed by atoms with van der Waals surface area (Å²) in [4.78, 5) is 21.5. The Labute approximate surface area is 120 Å².